The maximum Gasteiger partial charge on any atom is 0.242 e. The summed E-state index contributed by atoms with van der Waals surface area (Å²) in [7, 11) is 3.55. The number of nitrogens with two attached hydrogens (primary N) is 1. The van der Waals surface area contributed by atoms with Crippen LogP contribution in [0.1, 0.15) is 13.8 Å². The van der Waals surface area contributed by atoms with Crippen molar-refractivity contribution in [2.24, 2.45) is 0 Å². The van der Waals surface area contributed by atoms with E-state index in [9.17, 15) is 8.42 Å². The Morgan fingerprint density at radius 3 is 2.24 bits per heavy atom. The van der Waals surface area contributed by atoms with Crippen molar-refractivity contribution in [2.75, 3.05) is 45.8 Å². The van der Waals surface area contributed by atoms with Gasteiger partial charge < -0.3 is 16.0 Å². The molecule has 0 aromatic heterocycles. The number of benzene rings is 1. The van der Waals surface area contributed by atoms with E-state index in [0.717, 1.165) is 0 Å². The molecule has 0 aliphatic heterocycles. The quantitative estimate of drug-likeness (QED) is 0.773. The van der Waals surface area contributed by atoms with E-state index in [-0.39, 0.29) is 10.4 Å². The molecule has 0 saturated heterocycles. The Bertz CT molecular complexity index is 595. The number of likely N-dealkylation sites (N-methyl/N-ethyl adjacent to an activating group) is 1. The predicted octanol–water partition coefficient (Wildman–Crippen LogP) is 1.27. The van der Waals surface area contributed by atoms with E-state index in [4.69, 9.17) is 5.73 Å². The van der Waals surface area contributed by atoms with E-state index >= 15 is 0 Å². The molecule has 0 aliphatic rings. The van der Waals surface area contributed by atoms with Crippen molar-refractivity contribution in [1.29, 1.82) is 0 Å². The van der Waals surface area contributed by atoms with E-state index in [0.29, 0.717) is 17.9 Å². The fourth-order valence-corrected chi connectivity index (χ4v) is 2.46. The molecule has 0 saturated carbocycles. The molecule has 0 aliphatic carbocycles. The van der Waals surface area contributed by atoms with Crippen LogP contribution in [0.2, 0.25) is 0 Å². The fourth-order valence-electron chi connectivity index (χ4n) is 1.53. The molecule has 0 atom stereocenters. The molecule has 3 N–H and O–H groups in total. The average molecular weight is 314 g/mol. The second-order valence-electron chi connectivity index (χ2n) is 6.10. The zero-order valence-corrected chi connectivity index (χ0v) is 14.5. The summed E-state index contributed by atoms with van der Waals surface area (Å²) < 4.78 is 25.5. The Hall–Kier alpha value is -1.31. The van der Waals surface area contributed by atoms with Gasteiger partial charge in [-0.05, 0) is 46.1 Å². The first kappa shape index (κ1) is 17.7. The monoisotopic (exact) mass is 314 g/mol. The maximum absolute atomic E-state index is 12.2. The molecule has 0 fully saturated rings. The summed E-state index contributed by atoms with van der Waals surface area (Å²) in [5.41, 5.74) is 7.01. The Balaban J connectivity index is 3.05. The van der Waals surface area contributed by atoms with Crippen LogP contribution in [-0.4, -0.2) is 57.9 Å². The van der Waals surface area contributed by atoms with Crippen molar-refractivity contribution in [3.8, 4) is 0 Å². The van der Waals surface area contributed by atoms with Gasteiger partial charge in [0.25, 0.3) is 0 Å². The largest absolute Gasteiger partial charge is 0.397 e. The number of nitrogens with one attached hydrogen (secondary N) is 1. The Morgan fingerprint density at radius 2 is 1.76 bits per heavy atom. The van der Waals surface area contributed by atoms with Crippen molar-refractivity contribution in [1.82, 2.24) is 9.21 Å². The van der Waals surface area contributed by atoms with Gasteiger partial charge >= 0.3 is 0 Å². The SMILES string of the molecule is CN(C)C(C)(C)CNc1cc(S(=O)(=O)N(C)C)ccc1N. The van der Waals surface area contributed by atoms with Crippen LogP contribution < -0.4 is 11.1 Å². The second kappa shape index (κ2) is 6.21. The molecule has 0 bridgehead atoms. The van der Waals surface area contributed by atoms with Crippen LogP contribution in [0, 0.1) is 0 Å². The number of rotatable bonds is 6. The van der Waals surface area contributed by atoms with Gasteiger partial charge in [-0.1, -0.05) is 0 Å². The lowest BCUT2D eigenvalue weighted by molar-refractivity contribution is 0.210. The summed E-state index contributed by atoms with van der Waals surface area (Å²) in [4.78, 5) is 2.32. The number of anilines is 2. The highest BCUT2D eigenvalue weighted by atomic mass is 32.2. The molecule has 120 valence electrons. The summed E-state index contributed by atoms with van der Waals surface area (Å²) in [6.07, 6.45) is 0. The van der Waals surface area contributed by atoms with Gasteiger partial charge in [-0.2, -0.15) is 0 Å². The third-order valence-electron chi connectivity index (χ3n) is 3.73. The van der Waals surface area contributed by atoms with Gasteiger partial charge in [0, 0.05) is 26.2 Å². The van der Waals surface area contributed by atoms with Crippen molar-refractivity contribution in [3.05, 3.63) is 18.2 Å². The van der Waals surface area contributed by atoms with Gasteiger partial charge in [0.1, 0.15) is 0 Å². The number of sulfonamides is 1. The van der Waals surface area contributed by atoms with Gasteiger partial charge in [-0.25, -0.2) is 12.7 Å². The summed E-state index contributed by atoms with van der Waals surface area (Å²) in [5, 5.41) is 3.24. The fraction of sp³-hybridized carbons (Fsp3) is 0.571. The molecule has 1 aromatic carbocycles. The van der Waals surface area contributed by atoms with E-state index in [1.54, 1.807) is 12.1 Å². The number of nitrogen functional groups attached to an aromatic ring is 1. The van der Waals surface area contributed by atoms with Gasteiger partial charge in [0.05, 0.1) is 16.3 Å². The molecule has 1 aromatic rings. The van der Waals surface area contributed by atoms with Crippen LogP contribution in [0.15, 0.2) is 23.1 Å². The summed E-state index contributed by atoms with van der Waals surface area (Å²) in [5.74, 6) is 0. The van der Waals surface area contributed by atoms with Crippen LogP contribution in [0.3, 0.4) is 0 Å². The molecule has 0 unspecified atom stereocenters. The van der Waals surface area contributed by atoms with Gasteiger partial charge in [-0.3, -0.25) is 0 Å². The Morgan fingerprint density at radius 1 is 1.19 bits per heavy atom. The Kier molecular flexibility index (Phi) is 5.25. The zero-order chi connectivity index (χ0) is 16.4. The van der Waals surface area contributed by atoms with E-state index in [1.807, 2.05) is 14.1 Å². The van der Waals surface area contributed by atoms with Gasteiger partial charge in [0.15, 0.2) is 0 Å². The maximum atomic E-state index is 12.2. The lowest BCUT2D eigenvalue weighted by atomic mass is 10.0. The minimum absolute atomic E-state index is 0.0805. The van der Waals surface area contributed by atoms with Crippen molar-refractivity contribution in [2.45, 2.75) is 24.3 Å². The summed E-state index contributed by atoms with van der Waals surface area (Å²) >= 11 is 0. The molecule has 0 heterocycles. The molecule has 0 spiro atoms. The van der Waals surface area contributed by atoms with Gasteiger partial charge in [0.2, 0.25) is 10.0 Å². The van der Waals surface area contributed by atoms with Gasteiger partial charge in [-0.15, -0.1) is 0 Å². The van der Waals surface area contributed by atoms with Crippen molar-refractivity contribution < 1.29 is 8.42 Å². The smallest absolute Gasteiger partial charge is 0.242 e. The highest BCUT2D eigenvalue weighted by Gasteiger charge is 2.22. The second-order valence-corrected chi connectivity index (χ2v) is 8.25. The molecular weight excluding hydrogens is 288 g/mol. The lowest BCUT2D eigenvalue weighted by Crippen LogP contribution is -2.44. The van der Waals surface area contributed by atoms with Crippen LogP contribution in [-0.2, 0) is 10.0 Å². The molecule has 21 heavy (non-hydrogen) atoms. The molecule has 6 nitrogen and oxygen atoms in total. The third kappa shape index (κ3) is 4.09. The molecule has 0 amide bonds. The first-order valence-corrected chi connectivity index (χ1v) is 8.16. The Labute approximate surface area is 128 Å². The minimum atomic E-state index is -3.46. The van der Waals surface area contributed by atoms with E-state index in [1.165, 1.54) is 24.5 Å². The lowest BCUT2D eigenvalue weighted by Gasteiger charge is -2.33. The number of nitrogens with zero attached hydrogens (tertiary/aromatic N) is 2. The summed E-state index contributed by atoms with van der Waals surface area (Å²) in [6.45, 7) is 4.84. The van der Waals surface area contributed by atoms with Crippen LogP contribution >= 0.6 is 0 Å². The van der Waals surface area contributed by atoms with E-state index < -0.39 is 10.0 Å². The standard InChI is InChI=1S/C14H26N4O2S/c1-14(2,17(3)4)10-16-13-9-11(7-8-12(13)15)21(19,20)18(5)6/h7-9,16H,10,15H2,1-6H3. The number of hydrogen-bond acceptors (Lipinski definition) is 5. The van der Waals surface area contributed by atoms with Crippen LogP contribution in [0.4, 0.5) is 11.4 Å². The molecule has 7 heteroatoms. The van der Waals surface area contributed by atoms with E-state index in [2.05, 4.69) is 24.1 Å². The van der Waals surface area contributed by atoms with Crippen LogP contribution in [0.5, 0.6) is 0 Å². The highest BCUT2D eigenvalue weighted by molar-refractivity contribution is 7.89. The normalized spacial score (nSPS) is 13.0. The van der Waals surface area contributed by atoms with Crippen molar-refractivity contribution >= 4 is 21.4 Å². The average Bonchev–Trinajstić information content (AvgIpc) is 2.37. The first-order chi connectivity index (χ1) is 9.48. The summed E-state index contributed by atoms with van der Waals surface area (Å²) in [6, 6.07) is 4.71. The minimum Gasteiger partial charge on any atom is -0.397 e. The van der Waals surface area contributed by atoms with Crippen LogP contribution in [0.25, 0.3) is 0 Å². The number of hydrogen-bond donors (Lipinski definition) is 2. The van der Waals surface area contributed by atoms with Crippen molar-refractivity contribution in [3.63, 3.8) is 0 Å². The molecule has 0 radical (unpaired) electrons. The topological polar surface area (TPSA) is 78.7 Å². The highest BCUT2D eigenvalue weighted by Crippen LogP contribution is 2.25. The zero-order valence-electron chi connectivity index (χ0n) is 13.6. The molecular formula is C14H26N4O2S. The predicted molar refractivity (Wildman–Crippen MR) is 88.0 cm³/mol. The first-order valence-electron chi connectivity index (χ1n) is 6.72. The third-order valence-corrected chi connectivity index (χ3v) is 5.54. The molecule has 1 rings (SSSR count).